The number of nitrogens with zero attached hydrogens (tertiary/aromatic N) is 2. The van der Waals surface area contributed by atoms with E-state index in [0.29, 0.717) is 28.7 Å². The SMILES string of the molecule is Cc1cc(Oc2ccccc2)ccc1N1C(=O)NC2c3c1ccnc3SC2C(=O)N[C@H]1CNC[C@@H]1F. The molecule has 1 aromatic heterocycles. The van der Waals surface area contributed by atoms with E-state index in [1.807, 2.05) is 55.5 Å². The topological polar surface area (TPSA) is 95.6 Å². The summed E-state index contributed by atoms with van der Waals surface area (Å²) in [5.41, 5.74) is 3.04. The normalized spacial score (nSPS) is 24.3. The van der Waals surface area contributed by atoms with Gasteiger partial charge in [-0.2, -0.15) is 0 Å². The van der Waals surface area contributed by atoms with Gasteiger partial charge in [-0.15, -0.1) is 0 Å². The lowest BCUT2D eigenvalue weighted by atomic mass is 9.99. The number of alkyl halides is 1. The van der Waals surface area contributed by atoms with E-state index in [0.717, 1.165) is 16.9 Å². The molecular weight excluding hydrogens is 481 g/mol. The molecule has 6 rings (SSSR count). The number of amides is 3. The summed E-state index contributed by atoms with van der Waals surface area (Å²) in [7, 11) is 0. The van der Waals surface area contributed by atoms with Gasteiger partial charge in [0.15, 0.2) is 0 Å². The second kappa shape index (κ2) is 9.11. The molecule has 3 N–H and O–H groups in total. The van der Waals surface area contributed by atoms with Crippen LogP contribution in [-0.4, -0.2) is 47.5 Å². The molecule has 10 heteroatoms. The number of para-hydroxylation sites is 1. The van der Waals surface area contributed by atoms with Gasteiger partial charge >= 0.3 is 6.03 Å². The van der Waals surface area contributed by atoms with Crippen molar-refractivity contribution >= 4 is 35.1 Å². The molecule has 0 radical (unpaired) electrons. The highest BCUT2D eigenvalue weighted by Gasteiger charge is 2.47. The van der Waals surface area contributed by atoms with Crippen molar-refractivity contribution in [1.29, 1.82) is 0 Å². The fraction of sp³-hybridized carbons (Fsp3) is 0.269. The van der Waals surface area contributed by atoms with Crippen molar-refractivity contribution in [2.45, 2.75) is 35.5 Å². The van der Waals surface area contributed by atoms with Crippen LogP contribution >= 0.6 is 11.8 Å². The minimum absolute atomic E-state index is 0.221. The maximum atomic E-state index is 14.1. The van der Waals surface area contributed by atoms with Crippen LogP contribution in [0.4, 0.5) is 20.6 Å². The standard InChI is InChI=1S/C26H24FN5O3S/c1-14-11-16(35-15-5-3-2-4-6-15)7-8-19(14)32-20-9-10-29-25-21(20)22(31-26(32)34)23(36-25)24(33)30-18-13-28-12-17(18)27/h2-11,17-18,22-23,28H,12-13H2,1H3,(H,30,33)(H,31,34)/t17-,18-,22?,23?/m0/s1. The van der Waals surface area contributed by atoms with E-state index < -0.39 is 23.5 Å². The minimum Gasteiger partial charge on any atom is -0.457 e. The quantitative estimate of drug-likeness (QED) is 0.486. The molecule has 184 valence electrons. The van der Waals surface area contributed by atoms with E-state index in [-0.39, 0.29) is 18.5 Å². The number of nitrogens with one attached hydrogen (secondary N) is 3. The van der Waals surface area contributed by atoms with E-state index in [9.17, 15) is 14.0 Å². The van der Waals surface area contributed by atoms with Gasteiger partial charge in [0.2, 0.25) is 5.91 Å². The highest BCUT2D eigenvalue weighted by molar-refractivity contribution is 8.01. The van der Waals surface area contributed by atoms with Gasteiger partial charge in [-0.25, -0.2) is 14.2 Å². The number of halogens is 1. The lowest BCUT2D eigenvalue weighted by molar-refractivity contribution is -0.121. The predicted octanol–water partition coefficient (Wildman–Crippen LogP) is 3.99. The Balaban J connectivity index is 1.28. The summed E-state index contributed by atoms with van der Waals surface area (Å²) < 4.78 is 20.0. The highest BCUT2D eigenvalue weighted by Crippen LogP contribution is 2.51. The van der Waals surface area contributed by atoms with Crippen LogP contribution in [0.3, 0.4) is 0 Å². The summed E-state index contributed by atoms with van der Waals surface area (Å²) in [6.45, 7) is 2.52. The Kier molecular flexibility index (Phi) is 5.77. The highest BCUT2D eigenvalue weighted by atomic mass is 32.2. The van der Waals surface area contributed by atoms with Gasteiger partial charge in [-0.05, 0) is 48.9 Å². The third kappa shape index (κ3) is 3.96. The number of carbonyl (C=O) groups excluding carboxylic acids is 2. The monoisotopic (exact) mass is 505 g/mol. The second-order valence-electron chi connectivity index (χ2n) is 9.00. The van der Waals surface area contributed by atoms with Gasteiger partial charge in [0.25, 0.3) is 0 Å². The van der Waals surface area contributed by atoms with E-state index in [2.05, 4.69) is 20.9 Å². The van der Waals surface area contributed by atoms with Gasteiger partial charge in [-0.1, -0.05) is 30.0 Å². The van der Waals surface area contributed by atoms with Crippen LogP contribution in [0, 0.1) is 6.92 Å². The molecule has 3 amide bonds. The van der Waals surface area contributed by atoms with E-state index in [4.69, 9.17) is 4.74 Å². The molecule has 2 aromatic carbocycles. The number of pyridine rings is 1. The van der Waals surface area contributed by atoms with Crippen molar-refractivity contribution in [3.63, 3.8) is 0 Å². The van der Waals surface area contributed by atoms with Crippen LogP contribution in [0.2, 0.25) is 0 Å². The summed E-state index contributed by atoms with van der Waals surface area (Å²) in [5.74, 6) is 1.08. The molecule has 2 unspecified atom stereocenters. The number of urea groups is 1. The van der Waals surface area contributed by atoms with Crippen LogP contribution in [0.1, 0.15) is 17.2 Å². The Hall–Kier alpha value is -3.63. The number of benzene rings is 2. The summed E-state index contributed by atoms with van der Waals surface area (Å²) in [6.07, 6.45) is 0.509. The lowest BCUT2D eigenvalue weighted by Gasteiger charge is -2.35. The van der Waals surface area contributed by atoms with E-state index >= 15 is 0 Å². The number of thioether (sulfide) groups is 1. The average molecular weight is 506 g/mol. The number of anilines is 2. The molecular formula is C26H24FN5O3S. The fourth-order valence-corrected chi connectivity index (χ4v) is 6.12. The largest absolute Gasteiger partial charge is 0.457 e. The molecule has 1 saturated heterocycles. The first-order valence-electron chi connectivity index (χ1n) is 11.7. The smallest absolute Gasteiger partial charge is 0.327 e. The zero-order valence-electron chi connectivity index (χ0n) is 19.4. The fourth-order valence-electron chi connectivity index (χ4n) is 4.88. The Labute approximate surface area is 211 Å². The molecule has 0 saturated carbocycles. The third-order valence-corrected chi connectivity index (χ3v) is 7.91. The number of aromatic nitrogens is 1. The zero-order valence-corrected chi connectivity index (χ0v) is 20.2. The summed E-state index contributed by atoms with van der Waals surface area (Å²) in [4.78, 5) is 32.6. The number of ether oxygens (including phenoxy) is 1. The number of carbonyl (C=O) groups is 2. The van der Waals surface area contributed by atoms with Gasteiger partial charge in [0.1, 0.15) is 27.9 Å². The average Bonchev–Trinajstić information content (AvgIpc) is 3.45. The maximum absolute atomic E-state index is 14.1. The Bertz CT molecular complexity index is 1340. The van der Waals surface area contributed by atoms with Gasteiger partial charge in [-0.3, -0.25) is 9.69 Å². The molecule has 3 aliphatic heterocycles. The number of hydrogen-bond donors (Lipinski definition) is 3. The van der Waals surface area contributed by atoms with E-state index in [1.54, 1.807) is 17.2 Å². The number of hydrogen-bond acceptors (Lipinski definition) is 6. The van der Waals surface area contributed by atoms with Crippen LogP contribution in [0.15, 0.2) is 65.8 Å². The summed E-state index contributed by atoms with van der Waals surface area (Å²) in [5, 5.41) is 8.80. The molecule has 0 bridgehead atoms. The molecule has 0 spiro atoms. The molecule has 4 heterocycles. The van der Waals surface area contributed by atoms with Crippen LogP contribution in [0.5, 0.6) is 11.5 Å². The predicted molar refractivity (Wildman–Crippen MR) is 135 cm³/mol. The summed E-state index contributed by atoms with van der Waals surface area (Å²) in [6, 6.07) is 15.4. The first-order valence-corrected chi connectivity index (χ1v) is 12.6. The Morgan fingerprint density at radius 2 is 1.97 bits per heavy atom. The third-order valence-electron chi connectivity index (χ3n) is 6.62. The van der Waals surface area contributed by atoms with Crippen molar-refractivity contribution in [1.82, 2.24) is 20.9 Å². The molecule has 36 heavy (non-hydrogen) atoms. The maximum Gasteiger partial charge on any atom is 0.327 e. The van der Waals surface area contributed by atoms with Gasteiger partial charge in [0.05, 0.1) is 23.5 Å². The first kappa shape index (κ1) is 22.8. The van der Waals surface area contributed by atoms with Crippen LogP contribution < -0.4 is 25.6 Å². The van der Waals surface area contributed by atoms with Crippen molar-refractivity contribution in [3.05, 3.63) is 71.9 Å². The molecule has 8 nitrogen and oxygen atoms in total. The van der Waals surface area contributed by atoms with Crippen molar-refractivity contribution in [2.75, 3.05) is 18.0 Å². The van der Waals surface area contributed by atoms with Crippen LogP contribution in [0.25, 0.3) is 0 Å². The Morgan fingerprint density at radius 3 is 2.72 bits per heavy atom. The lowest BCUT2D eigenvalue weighted by Crippen LogP contribution is -2.51. The minimum atomic E-state index is -1.13. The molecule has 4 atom stereocenters. The van der Waals surface area contributed by atoms with Crippen molar-refractivity contribution in [2.24, 2.45) is 0 Å². The van der Waals surface area contributed by atoms with Gasteiger partial charge < -0.3 is 20.7 Å². The number of rotatable bonds is 5. The number of aryl methyl sites for hydroxylation is 1. The van der Waals surface area contributed by atoms with Gasteiger partial charge in [0, 0.05) is 24.8 Å². The zero-order chi connectivity index (χ0) is 24.8. The van der Waals surface area contributed by atoms with Crippen LogP contribution in [-0.2, 0) is 4.79 Å². The van der Waals surface area contributed by atoms with Crippen molar-refractivity contribution in [3.8, 4) is 11.5 Å². The Morgan fingerprint density at radius 1 is 1.14 bits per heavy atom. The second-order valence-corrected chi connectivity index (χ2v) is 10.1. The molecule has 3 aromatic rings. The van der Waals surface area contributed by atoms with E-state index in [1.165, 1.54) is 11.8 Å². The molecule has 1 fully saturated rings. The first-order chi connectivity index (χ1) is 17.5. The molecule has 0 aliphatic carbocycles. The molecule has 3 aliphatic rings. The summed E-state index contributed by atoms with van der Waals surface area (Å²) >= 11 is 1.30. The van der Waals surface area contributed by atoms with Crippen molar-refractivity contribution < 1.29 is 18.7 Å².